The first kappa shape index (κ1) is 15.6. The molecule has 1 aliphatic carbocycles. The van der Waals surface area contributed by atoms with Crippen LogP contribution in [0.25, 0.3) is 10.2 Å². The van der Waals surface area contributed by atoms with Gasteiger partial charge in [0, 0.05) is 18.4 Å². The van der Waals surface area contributed by atoms with Gasteiger partial charge in [-0.2, -0.15) is 0 Å². The standard InChI is InChI=1S/C17H17ClN4OS/c18-15-16(20-10-9-19-15)23-12-7-5-11(6-8-12)21-17-22-13-3-1-2-4-14(13)24-17/h1-4,9-12H,5-8H2,(H,21,22). The normalized spacial score (nSPS) is 20.9. The molecule has 1 N–H and O–H groups in total. The number of hydrogen-bond acceptors (Lipinski definition) is 6. The van der Waals surface area contributed by atoms with Crippen LogP contribution in [0.5, 0.6) is 5.88 Å². The number of fused-ring (bicyclic) bond motifs is 1. The summed E-state index contributed by atoms with van der Waals surface area (Å²) in [7, 11) is 0. The van der Waals surface area contributed by atoms with E-state index in [-0.39, 0.29) is 6.10 Å². The number of thiazole rings is 1. The highest BCUT2D eigenvalue weighted by Crippen LogP contribution is 2.30. The minimum absolute atomic E-state index is 0.146. The number of benzene rings is 1. The summed E-state index contributed by atoms with van der Waals surface area (Å²) in [4.78, 5) is 12.8. The molecule has 0 aliphatic heterocycles. The number of aromatic nitrogens is 3. The van der Waals surface area contributed by atoms with Crippen LogP contribution in [0.1, 0.15) is 25.7 Å². The van der Waals surface area contributed by atoms with Crippen molar-refractivity contribution < 1.29 is 4.74 Å². The lowest BCUT2D eigenvalue weighted by atomic mass is 9.93. The molecule has 1 saturated carbocycles. The second-order valence-corrected chi connectivity index (χ2v) is 7.26. The highest BCUT2D eigenvalue weighted by Gasteiger charge is 2.24. The van der Waals surface area contributed by atoms with Crippen molar-refractivity contribution in [1.82, 2.24) is 15.0 Å². The molecule has 24 heavy (non-hydrogen) atoms. The van der Waals surface area contributed by atoms with Gasteiger partial charge in [0.25, 0.3) is 5.88 Å². The van der Waals surface area contributed by atoms with Crippen LogP contribution in [0.4, 0.5) is 5.13 Å². The van der Waals surface area contributed by atoms with Crippen LogP contribution in [0.15, 0.2) is 36.7 Å². The second-order valence-electron chi connectivity index (χ2n) is 5.87. The topological polar surface area (TPSA) is 59.9 Å². The molecule has 2 aromatic heterocycles. The van der Waals surface area contributed by atoms with Crippen molar-refractivity contribution in [2.45, 2.75) is 37.8 Å². The lowest BCUT2D eigenvalue weighted by Crippen LogP contribution is -2.31. The minimum atomic E-state index is 0.146. The molecule has 5 nitrogen and oxygen atoms in total. The van der Waals surface area contributed by atoms with Crippen LogP contribution >= 0.6 is 22.9 Å². The summed E-state index contributed by atoms with van der Waals surface area (Å²) >= 11 is 7.71. The molecule has 124 valence electrons. The van der Waals surface area contributed by atoms with Crippen LogP contribution in [0, 0.1) is 0 Å². The van der Waals surface area contributed by atoms with Crippen molar-refractivity contribution in [2.24, 2.45) is 0 Å². The predicted octanol–water partition coefficient (Wildman–Crippen LogP) is 4.54. The van der Waals surface area contributed by atoms with E-state index in [1.165, 1.54) is 4.70 Å². The molecule has 0 spiro atoms. The number of nitrogens with zero attached hydrogens (tertiary/aromatic N) is 3. The van der Waals surface area contributed by atoms with Crippen LogP contribution in [0.3, 0.4) is 0 Å². The first-order valence-corrected chi connectivity index (χ1v) is 9.22. The zero-order valence-corrected chi connectivity index (χ0v) is 14.6. The average molecular weight is 361 g/mol. The Kier molecular flexibility index (Phi) is 4.49. The van der Waals surface area contributed by atoms with Crippen molar-refractivity contribution in [3.05, 3.63) is 41.8 Å². The molecule has 0 saturated heterocycles. The monoisotopic (exact) mass is 360 g/mol. The molecule has 3 aromatic rings. The van der Waals surface area contributed by atoms with Crippen molar-refractivity contribution >= 4 is 38.3 Å². The summed E-state index contributed by atoms with van der Waals surface area (Å²) < 4.78 is 7.10. The summed E-state index contributed by atoms with van der Waals surface area (Å²) in [6, 6.07) is 8.65. The lowest BCUT2D eigenvalue weighted by Gasteiger charge is -2.29. The van der Waals surface area contributed by atoms with Crippen LogP contribution in [0.2, 0.25) is 5.15 Å². The van der Waals surface area contributed by atoms with Gasteiger partial charge in [-0.3, -0.25) is 0 Å². The smallest absolute Gasteiger partial charge is 0.252 e. The Labute approximate surface area is 149 Å². The van der Waals surface area contributed by atoms with Gasteiger partial charge in [-0.1, -0.05) is 35.1 Å². The maximum absolute atomic E-state index is 6.00. The highest BCUT2D eigenvalue weighted by atomic mass is 35.5. The fraction of sp³-hybridized carbons (Fsp3) is 0.353. The van der Waals surface area contributed by atoms with Crippen molar-refractivity contribution in [3.8, 4) is 5.88 Å². The van der Waals surface area contributed by atoms with E-state index in [1.54, 1.807) is 23.7 Å². The van der Waals surface area contributed by atoms with Crippen LogP contribution in [-0.4, -0.2) is 27.1 Å². The third kappa shape index (κ3) is 3.44. The van der Waals surface area contributed by atoms with E-state index in [0.717, 1.165) is 36.3 Å². The van der Waals surface area contributed by atoms with E-state index >= 15 is 0 Å². The van der Waals surface area contributed by atoms with Gasteiger partial charge in [-0.15, -0.1) is 0 Å². The van der Waals surface area contributed by atoms with Gasteiger partial charge < -0.3 is 10.1 Å². The van der Waals surface area contributed by atoms with Gasteiger partial charge in [-0.05, 0) is 37.8 Å². The van der Waals surface area contributed by atoms with Gasteiger partial charge in [0.15, 0.2) is 10.3 Å². The fourth-order valence-electron chi connectivity index (χ4n) is 2.98. The van der Waals surface area contributed by atoms with Gasteiger partial charge in [0.05, 0.1) is 10.2 Å². The van der Waals surface area contributed by atoms with Crippen molar-refractivity contribution in [3.63, 3.8) is 0 Å². The zero-order valence-electron chi connectivity index (χ0n) is 13.0. The quantitative estimate of drug-likeness (QED) is 0.740. The first-order valence-electron chi connectivity index (χ1n) is 8.03. The molecule has 4 rings (SSSR count). The molecular formula is C17H17ClN4OS. The molecule has 0 atom stereocenters. The van der Waals surface area contributed by atoms with Gasteiger partial charge in [-0.25, -0.2) is 15.0 Å². The summed E-state index contributed by atoms with van der Waals surface area (Å²) in [6.07, 6.45) is 7.32. The third-order valence-electron chi connectivity index (χ3n) is 4.20. The van der Waals surface area contributed by atoms with Gasteiger partial charge in [0.2, 0.25) is 0 Å². The molecule has 1 aromatic carbocycles. The number of ether oxygens (including phenoxy) is 1. The van der Waals surface area contributed by atoms with Gasteiger partial charge in [0.1, 0.15) is 6.10 Å². The fourth-order valence-corrected chi connectivity index (χ4v) is 4.07. The molecule has 1 fully saturated rings. The largest absolute Gasteiger partial charge is 0.472 e. The van der Waals surface area contributed by atoms with Crippen molar-refractivity contribution in [1.29, 1.82) is 0 Å². The Morgan fingerprint density at radius 3 is 2.67 bits per heavy atom. The van der Waals surface area contributed by atoms with Crippen LogP contribution < -0.4 is 10.1 Å². The maximum Gasteiger partial charge on any atom is 0.252 e. The maximum atomic E-state index is 6.00. The first-order chi connectivity index (χ1) is 11.8. The minimum Gasteiger partial charge on any atom is -0.472 e. The predicted molar refractivity (Wildman–Crippen MR) is 97.0 cm³/mol. The number of anilines is 1. The Hall–Kier alpha value is -1.92. The van der Waals surface area contributed by atoms with E-state index in [2.05, 4.69) is 26.3 Å². The van der Waals surface area contributed by atoms with E-state index in [1.807, 2.05) is 18.2 Å². The highest BCUT2D eigenvalue weighted by molar-refractivity contribution is 7.22. The zero-order chi connectivity index (χ0) is 16.4. The summed E-state index contributed by atoms with van der Waals surface area (Å²) in [6.45, 7) is 0. The Balaban J connectivity index is 1.33. The summed E-state index contributed by atoms with van der Waals surface area (Å²) in [5.74, 6) is 0.432. The molecule has 0 radical (unpaired) electrons. The molecular weight excluding hydrogens is 344 g/mol. The number of halogens is 1. The number of rotatable bonds is 4. The lowest BCUT2D eigenvalue weighted by molar-refractivity contribution is 0.143. The number of nitrogens with one attached hydrogen (secondary N) is 1. The van der Waals surface area contributed by atoms with E-state index in [4.69, 9.17) is 16.3 Å². The summed E-state index contributed by atoms with van der Waals surface area (Å²) in [5, 5.41) is 4.89. The van der Waals surface area contributed by atoms with Crippen LogP contribution in [-0.2, 0) is 0 Å². The number of hydrogen-bond donors (Lipinski definition) is 1. The second kappa shape index (κ2) is 6.91. The van der Waals surface area contributed by atoms with Crippen molar-refractivity contribution in [2.75, 3.05) is 5.32 Å². The molecule has 0 bridgehead atoms. The molecule has 2 heterocycles. The number of para-hydroxylation sites is 1. The molecule has 0 unspecified atom stereocenters. The Morgan fingerprint density at radius 1 is 1.08 bits per heavy atom. The Morgan fingerprint density at radius 2 is 1.88 bits per heavy atom. The SMILES string of the molecule is Clc1nccnc1OC1CCC(Nc2nc3ccccc3s2)CC1. The van der Waals surface area contributed by atoms with E-state index < -0.39 is 0 Å². The Bertz CT molecular complexity index is 799. The third-order valence-corrected chi connectivity index (χ3v) is 5.42. The summed E-state index contributed by atoms with van der Waals surface area (Å²) in [5.41, 5.74) is 1.05. The van der Waals surface area contributed by atoms with E-state index in [0.29, 0.717) is 17.1 Å². The van der Waals surface area contributed by atoms with Gasteiger partial charge >= 0.3 is 0 Å². The average Bonchev–Trinajstić information content (AvgIpc) is 3.01. The molecule has 7 heteroatoms. The molecule has 1 aliphatic rings. The van der Waals surface area contributed by atoms with E-state index in [9.17, 15) is 0 Å². The molecule has 0 amide bonds.